The molecule has 2 aromatic carbocycles. The predicted molar refractivity (Wildman–Crippen MR) is 97.9 cm³/mol. The second kappa shape index (κ2) is 7.21. The van der Waals surface area contributed by atoms with Crippen molar-refractivity contribution in [1.82, 2.24) is 4.98 Å². The molecule has 1 heterocycles. The van der Waals surface area contributed by atoms with Crippen LogP contribution in [-0.4, -0.2) is 12.1 Å². The van der Waals surface area contributed by atoms with Crippen LogP contribution in [0.15, 0.2) is 47.8 Å². The van der Waals surface area contributed by atoms with Gasteiger partial charge in [0.1, 0.15) is 5.75 Å². The van der Waals surface area contributed by atoms with E-state index >= 15 is 0 Å². The highest BCUT2D eigenvalue weighted by Crippen LogP contribution is 2.32. The van der Waals surface area contributed by atoms with Gasteiger partial charge in [-0.25, -0.2) is 4.98 Å². The van der Waals surface area contributed by atoms with E-state index in [0.29, 0.717) is 16.6 Å². The summed E-state index contributed by atoms with van der Waals surface area (Å²) in [6.45, 7) is 0.700. The van der Waals surface area contributed by atoms with E-state index in [1.54, 1.807) is 24.5 Å². The molecule has 6 heteroatoms. The van der Waals surface area contributed by atoms with Crippen molar-refractivity contribution < 1.29 is 4.74 Å². The van der Waals surface area contributed by atoms with Gasteiger partial charge in [0.2, 0.25) is 0 Å². The summed E-state index contributed by atoms with van der Waals surface area (Å²) < 4.78 is 5.15. The maximum atomic E-state index is 6.22. The highest BCUT2D eigenvalue weighted by molar-refractivity contribution is 7.14. The Balaban J connectivity index is 1.69. The van der Waals surface area contributed by atoms with Crippen LogP contribution < -0.4 is 10.1 Å². The van der Waals surface area contributed by atoms with Crippen LogP contribution >= 0.6 is 34.5 Å². The molecule has 0 radical (unpaired) electrons. The maximum Gasteiger partial charge on any atom is 0.183 e. The molecule has 1 aromatic heterocycles. The lowest BCUT2D eigenvalue weighted by Gasteiger charge is -2.04. The first kappa shape index (κ1) is 16.1. The zero-order valence-electron chi connectivity index (χ0n) is 12.3. The molecule has 118 valence electrons. The second-order valence-corrected chi connectivity index (χ2v) is 6.57. The number of thiazole rings is 1. The fourth-order valence-corrected chi connectivity index (χ4v) is 3.31. The molecule has 0 atom stereocenters. The molecule has 3 aromatic rings. The third kappa shape index (κ3) is 3.96. The van der Waals surface area contributed by atoms with Gasteiger partial charge in [-0.05, 0) is 35.9 Å². The lowest BCUT2D eigenvalue weighted by atomic mass is 10.2. The quantitative estimate of drug-likeness (QED) is 0.626. The number of ether oxygens (including phenoxy) is 1. The van der Waals surface area contributed by atoms with Gasteiger partial charge in [-0.3, -0.25) is 0 Å². The molecule has 0 saturated carbocycles. The van der Waals surface area contributed by atoms with E-state index in [-0.39, 0.29) is 0 Å². The first-order valence-electron chi connectivity index (χ1n) is 6.93. The van der Waals surface area contributed by atoms with Crippen LogP contribution in [0.4, 0.5) is 5.13 Å². The van der Waals surface area contributed by atoms with E-state index in [9.17, 15) is 0 Å². The topological polar surface area (TPSA) is 34.1 Å². The van der Waals surface area contributed by atoms with E-state index < -0.39 is 0 Å². The summed E-state index contributed by atoms with van der Waals surface area (Å²) in [6.07, 6.45) is 0. The molecule has 23 heavy (non-hydrogen) atoms. The summed E-state index contributed by atoms with van der Waals surface area (Å²) in [6, 6.07) is 13.4. The van der Waals surface area contributed by atoms with Crippen LogP contribution in [-0.2, 0) is 6.54 Å². The predicted octanol–water partition coefficient (Wildman–Crippen LogP) is 5.74. The lowest BCUT2D eigenvalue weighted by molar-refractivity contribution is 0.414. The van der Waals surface area contributed by atoms with Gasteiger partial charge in [-0.1, -0.05) is 35.3 Å². The highest BCUT2D eigenvalue weighted by Gasteiger charge is 2.08. The van der Waals surface area contributed by atoms with Gasteiger partial charge >= 0.3 is 0 Å². The summed E-state index contributed by atoms with van der Waals surface area (Å²) in [7, 11) is 1.66. The molecular weight excluding hydrogens is 351 g/mol. The van der Waals surface area contributed by atoms with Crippen LogP contribution in [0.5, 0.6) is 5.75 Å². The monoisotopic (exact) mass is 364 g/mol. The number of anilines is 1. The van der Waals surface area contributed by atoms with Crippen LogP contribution in [0.3, 0.4) is 0 Å². The number of nitrogens with zero attached hydrogens (tertiary/aromatic N) is 1. The second-order valence-electron chi connectivity index (χ2n) is 4.86. The van der Waals surface area contributed by atoms with Crippen LogP contribution in [0.1, 0.15) is 5.56 Å². The standard InChI is InChI=1S/C17H14Cl2N2OS/c1-22-13-5-2-11(3-6-13)9-20-17-21-16(10-23-17)14-7-4-12(18)8-15(14)19/h2-8,10H,9H2,1H3,(H,20,21). The molecule has 0 amide bonds. The van der Waals surface area contributed by atoms with Crippen molar-refractivity contribution in [2.75, 3.05) is 12.4 Å². The molecule has 3 nitrogen and oxygen atoms in total. The van der Waals surface area contributed by atoms with Gasteiger partial charge in [0.15, 0.2) is 5.13 Å². The third-order valence-electron chi connectivity index (χ3n) is 3.31. The Morgan fingerprint density at radius 3 is 2.61 bits per heavy atom. The van der Waals surface area contributed by atoms with Crippen LogP contribution in [0.25, 0.3) is 11.3 Å². The molecule has 0 unspecified atom stereocenters. The molecule has 0 aliphatic carbocycles. The van der Waals surface area contributed by atoms with Crippen molar-refractivity contribution in [2.24, 2.45) is 0 Å². The number of benzene rings is 2. The number of halogens is 2. The fraction of sp³-hybridized carbons (Fsp3) is 0.118. The van der Waals surface area contributed by atoms with Crippen LogP contribution in [0.2, 0.25) is 10.0 Å². The van der Waals surface area contributed by atoms with Gasteiger partial charge in [0.05, 0.1) is 17.8 Å². The Morgan fingerprint density at radius 1 is 1.13 bits per heavy atom. The van der Waals surface area contributed by atoms with Crippen molar-refractivity contribution >= 4 is 39.7 Å². The summed E-state index contributed by atoms with van der Waals surface area (Å²) in [5.74, 6) is 0.850. The average molecular weight is 365 g/mol. The van der Waals surface area contributed by atoms with Crippen molar-refractivity contribution in [3.8, 4) is 17.0 Å². The Kier molecular flexibility index (Phi) is 5.06. The smallest absolute Gasteiger partial charge is 0.183 e. The molecule has 3 rings (SSSR count). The summed E-state index contributed by atoms with van der Waals surface area (Å²) in [4.78, 5) is 4.57. The molecule has 0 aliphatic rings. The number of rotatable bonds is 5. The highest BCUT2D eigenvalue weighted by atomic mass is 35.5. The Bertz CT molecular complexity index is 803. The minimum Gasteiger partial charge on any atom is -0.497 e. The van der Waals surface area contributed by atoms with Gasteiger partial charge < -0.3 is 10.1 Å². The largest absolute Gasteiger partial charge is 0.497 e. The first-order chi connectivity index (χ1) is 11.2. The van der Waals surface area contributed by atoms with Gasteiger partial charge in [0, 0.05) is 22.5 Å². The zero-order chi connectivity index (χ0) is 16.2. The van der Waals surface area contributed by atoms with E-state index in [1.165, 1.54) is 0 Å². The van der Waals surface area contributed by atoms with Gasteiger partial charge in [-0.15, -0.1) is 11.3 Å². The molecular formula is C17H14Cl2N2OS. The summed E-state index contributed by atoms with van der Waals surface area (Å²) in [5, 5.41) is 7.36. The lowest BCUT2D eigenvalue weighted by Crippen LogP contribution is -1.98. The average Bonchev–Trinajstić information content (AvgIpc) is 3.02. The third-order valence-corrected chi connectivity index (χ3v) is 4.66. The summed E-state index contributed by atoms with van der Waals surface area (Å²) in [5.41, 5.74) is 2.88. The Morgan fingerprint density at radius 2 is 1.91 bits per heavy atom. The van der Waals surface area contributed by atoms with E-state index in [1.807, 2.05) is 41.8 Å². The minimum atomic E-state index is 0.601. The van der Waals surface area contributed by atoms with E-state index in [4.69, 9.17) is 27.9 Å². The Hall–Kier alpha value is -1.75. The normalized spacial score (nSPS) is 10.6. The first-order valence-corrected chi connectivity index (χ1v) is 8.57. The number of hydrogen-bond donors (Lipinski definition) is 1. The molecule has 0 saturated heterocycles. The minimum absolute atomic E-state index is 0.601. The van der Waals surface area contributed by atoms with E-state index in [2.05, 4.69) is 10.3 Å². The van der Waals surface area contributed by atoms with Crippen molar-refractivity contribution in [3.63, 3.8) is 0 Å². The molecule has 1 N–H and O–H groups in total. The van der Waals surface area contributed by atoms with Crippen molar-refractivity contribution in [2.45, 2.75) is 6.54 Å². The number of aromatic nitrogens is 1. The van der Waals surface area contributed by atoms with Gasteiger partial charge in [-0.2, -0.15) is 0 Å². The molecule has 0 fully saturated rings. The number of nitrogens with one attached hydrogen (secondary N) is 1. The van der Waals surface area contributed by atoms with Crippen LogP contribution in [0, 0.1) is 0 Å². The fourth-order valence-electron chi connectivity index (χ4n) is 2.10. The SMILES string of the molecule is COc1ccc(CNc2nc(-c3ccc(Cl)cc3Cl)cs2)cc1. The Labute approximate surface area is 148 Å². The molecule has 0 aliphatic heterocycles. The number of hydrogen-bond acceptors (Lipinski definition) is 4. The maximum absolute atomic E-state index is 6.22. The zero-order valence-corrected chi connectivity index (χ0v) is 14.7. The van der Waals surface area contributed by atoms with Gasteiger partial charge in [0.25, 0.3) is 0 Å². The van der Waals surface area contributed by atoms with E-state index in [0.717, 1.165) is 27.7 Å². The van der Waals surface area contributed by atoms with Crippen molar-refractivity contribution in [3.05, 3.63) is 63.5 Å². The van der Waals surface area contributed by atoms with Crippen molar-refractivity contribution in [1.29, 1.82) is 0 Å². The number of methoxy groups -OCH3 is 1. The molecule has 0 spiro atoms. The summed E-state index contributed by atoms with van der Waals surface area (Å²) >= 11 is 13.7. The molecule has 0 bridgehead atoms.